The van der Waals surface area contributed by atoms with Crippen LogP contribution in [-0.2, 0) is 36.8 Å². The quantitative estimate of drug-likeness (QED) is 0.127. The largest absolute Gasteiger partial charge is 0.434 e. The van der Waals surface area contributed by atoms with Gasteiger partial charge >= 0.3 is 6.09 Å². The summed E-state index contributed by atoms with van der Waals surface area (Å²) in [6.07, 6.45) is 8.49. The van der Waals surface area contributed by atoms with Crippen molar-refractivity contribution in [1.29, 1.82) is 0 Å². The van der Waals surface area contributed by atoms with E-state index in [4.69, 9.17) is 10.5 Å². The number of amides is 5. The van der Waals surface area contributed by atoms with Gasteiger partial charge < -0.3 is 31.2 Å². The van der Waals surface area contributed by atoms with E-state index in [1.807, 2.05) is 0 Å². The number of nitrogens with one attached hydrogen (secondary N) is 4. The monoisotopic (exact) mass is 696 g/mol. The number of imide groups is 1. The third-order valence-electron chi connectivity index (χ3n) is 9.78. The van der Waals surface area contributed by atoms with Gasteiger partial charge in [0.25, 0.3) is 5.91 Å². The van der Waals surface area contributed by atoms with Crippen LogP contribution in [0.4, 0.5) is 4.79 Å². The molecule has 13 nitrogen and oxygen atoms in total. The highest BCUT2D eigenvalue weighted by atomic mass is 16.6. The third-order valence-corrected chi connectivity index (χ3v) is 9.78. The highest BCUT2D eigenvalue weighted by Gasteiger charge is 2.38. The summed E-state index contributed by atoms with van der Waals surface area (Å²) in [7, 11) is 0. The lowest BCUT2D eigenvalue weighted by Gasteiger charge is -2.33. The smallest absolute Gasteiger partial charge is 0.405 e. The van der Waals surface area contributed by atoms with Crippen LogP contribution in [0.3, 0.4) is 0 Å². The Hall–Kier alpha value is -4.26. The van der Waals surface area contributed by atoms with Gasteiger partial charge in [-0.1, -0.05) is 89.6 Å². The normalized spacial score (nSPS) is 16.8. The number of primary amides is 1. The minimum absolute atomic E-state index is 0.0332. The van der Waals surface area contributed by atoms with Crippen LogP contribution in [0.25, 0.3) is 0 Å². The highest BCUT2D eigenvalue weighted by molar-refractivity contribution is 6.09. The third kappa shape index (κ3) is 12.6. The lowest BCUT2D eigenvalue weighted by molar-refractivity contribution is -0.145. The number of aromatic amines is 1. The van der Waals surface area contributed by atoms with Gasteiger partial charge in [0, 0.05) is 18.3 Å². The van der Waals surface area contributed by atoms with Crippen molar-refractivity contribution in [2.75, 3.05) is 0 Å². The number of aliphatic hydroxyl groups excluding tert-OH is 1. The van der Waals surface area contributed by atoms with E-state index in [2.05, 4.69) is 46.7 Å². The van der Waals surface area contributed by atoms with Crippen LogP contribution < -0.4 is 21.7 Å². The second kappa shape index (κ2) is 19.2. The molecule has 0 radical (unpaired) electrons. The number of rotatable bonds is 18. The molecule has 1 aromatic heterocycles. The number of nitrogens with zero attached hydrogens (tertiary/aromatic N) is 1. The van der Waals surface area contributed by atoms with Gasteiger partial charge in [0.2, 0.25) is 17.7 Å². The summed E-state index contributed by atoms with van der Waals surface area (Å²) < 4.78 is 4.86. The lowest BCUT2D eigenvalue weighted by atomic mass is 9.80. The molecule has 1 aliphatic carbocycles. The molecule has 5 atom stereocenters. The molecule has 3 rings (SSSR count). The van der Waals surface area contributed by atoms with E-state index in [-0.39, 0.29) is 18.8 Å². The van der Waals surface area contributed by atoms with Crippen molar-refractivity contribution >= 4 is 29.7 Å². The van der Waals surface area contributed by atoms with E-state index in [0.29, 0.717) is 35.9 Å². The molecule has 13 heteroatoms. The number of aliphatic hydroxyl groups is 1. The van der Waals surface area contributed by atoms with E-state index in [0.717, 1.165) is 32.1 Å². The Bertz CT molecular complexity index is 1390. The van der Waals surface area contributed by atoms with Crippen LogP contribution in [0.1, 0.15) is 97.2 Å². The zero-order chi connectivity index (χ0) is 36.8. The summed E-state index contributed by atoms with van der Waals surface area (Å²) in [5.41, 5.74) is 4.52. The number of hydrogen-bond acceptors (Lipinski definition) is 8. The van der Waals surface area contributed by atoms with Gasteiger partial charge in [-0.15, -0.1) is 0 Å². The fraction of sp³-hybridized carbons (Fsp3) is 0.622. The second-order valence-corrected chi connectivity index (χ2v) is 14.4. The molecule has 0 unspecified atom stereocenters. The number of carbonyl (C=O) groups excluding carboxylic acids is 5. The number of nitrogens with two attached hydrogens (primary N) is 1. The number of ether oxygens (including phenoxy) is 1. The first-order valence-electron chi connectivity index (χ1n) is 17.8. The molecule has 0 spiro atoms. The summed E-state index contributed by atoms with van der Waals surface area (Å²) in [6, 6.07) is 7.10. The fourth-order valence-corrected chi connectivity index (χ4v) is 6.66. The van der Waals surface area contributed by atoms with Crippen molar-refractivity contribution in [3.05, 3.63) is 54.1 Å². The molecule has 50 heavy (non-hydrogen) atoms. The first-order chi connectivity index (χ1) is 23.7. The minimum atomic E-state index is -1.79. The van der Waals surface area contributed by atoms with Crippen LogP contribution in [0, 0.1) is 23.7 Å². The molecular weight excluding hydrogens is 640 g/mol. The maximum atomic E-state index is 14.1. The zero-order valence-corrected chi connectivity index (χ0v) is 30.1. The Morgan fingerprint density at radius 1 is 1.00 bits per heavy atom. The Labute approximate surface area is 295 Å². The van der Waals surface area contributed by atoms with E-state index in [1.165, 1.54) is 26.6 Å². The number of imidazole rings is 1. The van der Waals surface area contributed by atoms with Crippen LogP contribution in [0.15, 0.2) is 42.9 Å². The van der Waals surface area contributed by atoms with Crippen molar-refractivity contribution in [1.82, 2.24) is 25.9 Å². The van der Waals surface area contributed by atoms with Crippen molar-refractivity contribution in [3.63, 3.8) is 0 Å². The molecule has 0 bridgehead atoms. The van der Waals surface area contributed by atoms with Crippen LogP contribution >= 0.6 is 0 Å². The highest BCUT2D eigenvalue weighted by Crippen LogP contribution is 2.30. The van der Waals surface area contributed by atoms with E-state index < -0.39 is 59.4 Å². The summed E-state index contributed by atoms with van der Waals surface area (Å²) in [5, 5.41) is 19.6. The van der Waals surface area contributed by atoms with Crippen molar-refractivity contribution in [2.45, 2.75) is 123 Å². The Morgan fingerprint density at radius 2 is 1.68 bits per heavy atom. The van der Waals surface area contributed by atoms with Gasteiger partial charge in [-0.25, -0.2) is 9.78 Å². The van der Waals surface area contributed by atoms with Gasteiger partial charge in [-0.3, -0.25) is 24.5 Å². The summed E-state index contributed by atoms with van der Waals surface area (Å²) in [6.45, 7) is 8.89. The maximum absolute atomic E-state index is 14.1. The molecule has 1 aromatic carbocycles. The second-order valence-electron chi connectivity index (χ2n) is 14.4. The van der Waals surface area contributed by atoms with Crippen molar-refractivity contribution < 1.29 is 33.8 Å². The molecule has 0 aliphatic heterocycles. The van der Waals surface area contributed by atoms with Gasteiger partial charge in [0.05, 0.1) is 18.5 Å². The Morgan fingerprint density at radius 3 is 2.26 bits per heavy atom. The first kappa shape index (κ1) is 40.2. The fourth-order valence-electron chi connectivity index (χ4n) is 6.66. The van der Waals surface area contributed by atoms with Gasteiger partial charge in [-0.2, -0.15) is 0 Å². The van der Waals surface area contributed by atoms with Gasteiger partial charge in [-0.05, 0) is 56.4 Å². The number of hydrogen-bond donors (Lipinski definition) is 6. The number of H-pyrrole nitrogens is 1. The molecule has 1 heterocycles. The van der Waals surface area contributed by atoms with Gasteiger partial charge in [0.15, 0.2) is 5.60 Å². The van der Waals surface area contributed by atoms with Gasteiger partial charge in [0.1, 0.15) is 12.0 Å². The molecular formula is C37H56N6O7. The number of aromatic nitrogens is 2. The molecule has 2 aromatic rings. The zero-order valence-electron chi connectivity index (χ0n) is 30.1. The molecule has 1 saturated carbocycles. The molecule has 0 saturated heterocycles. The van der Waals surface area contributed by atoms with Crippen molar-refractivity contribution in [2.24, 2.45) is 29.4 Å². The average molecular weight is 697 g/mol. The van der Waals surface area contributed by atoms with E-state index in [1.54, 1.807) is 36.5 Å². The maximum Gasteiger partial charge on any atom is 0.405 e. The molecule has 1 aliphatic rings. The predicted molar refractivity (Wildman–Crippen MR) is 188 cm³/mol. The van der Waals surface area contributed by atoms with E-state index in [9.17, 15) is 29.1 Å². The molecule has 276 valence electrons. The van der Waals surface area contributed by atoms with Crippen molar-refractivity contribution in [3.8, 4) is 0 Å². The first-order valence-corrected chi connectivity index (χ1v) is 17.8. The van der Waals surface area contributed by atoms with Crippen LogP contribution in [0.2, 0.25) is 0 Å². The standard InChI is InChI=1S/C37H56N6O7/c1-6-26(23(2)3)19-31(44)29(18-25-15-11-8-12-16-25)41-34(47)30(20-27-21-39-22-40-27)42-32(45)28(17-24-13-9-7-10-14-24)33(46)43-35(48)37(4,5)50-36(38)49/h7,9-10,13-14,21-23,25-26,28-31,44H,6,8,11-12,15-20H2,1-5H3,(H2,38,49)(H,39,40)(H,41,47)(H,42,45)(H,43,46,48)/t26-,28-,29-,30-,31-/m0/s1. The van der Waals surface area contributed by atoms with Crippen LogP contribution in [0.5, 0.6) is 0 Å². The number of carbonyl (C=O) groups is 5. The molecule has 1 fully saturated rings. The van der Waals surface area contributed by atoms with Crippen LogP contribution in [-0.4, -0.2) is 68.6 Å². The predicted octanol–water partition coefficient (Wildman–Crippen LogP) is 3.70. The summed E-state index contributed by atoms with van der Waals surface area (Å²) in [5.74, 6) is -3.65. The average Bonchev–Trinajstić information content (AvgIpc) is 3.58. The minimum Gasteiger partial charge on any atom is -0.434 e. The molecule has 5 amide bonds. The Kier molecular flexibility index (Phi) is 15.4. The SMILES string of the molecule is CC[C@@H](C[C@H](O)[C@H](CC1CCCCC1)NC(=O)[C@H](Cc1cnc[nH]1)NC(=O)[C@H](Cc1ccccc1)C(=O)NC(=O)C(C)(C)OC(N)=O)C(C)C. The lowest BCUT2D eigenvalue weighted by Crippen LogP contribution is -2.57. The summed E-state index contributed by atoms with van der Waals surface area (Å²) in [4.78, 5) is 73.0. The van der Waals surface area contributed by atoms with E-state index >= 15 is 0 Å². The summed E-state index contributed by atoms with van der Waals surface area (Å²) >= 11 is 0. The molecule has 7 N–H and O–H groups in total. The number of benzene rings is 1. The topological polar surface area (TPSA) is 206 Å². The Balaban J connectivity index is 1.88.